The maximum atomic E-state index is 9.55. The highest BCUT2D eigenvalue weighted by molar-refractivity contribution is 5.04. The minimum absolute atomic E-state index is 0.166. The van der Waals surface area contributed by atoms with Crippen molar-refractivity contribution in [2.75, 3.05) is 13.1 Å². The van der Waals surface area contributed by atoms with Gasteiger partial charge < -0.3 is 9.52 Å². The molecule has 0 unspecified atom stereocenters. The molecule has 1 aliphatic rings. The van der Waals surface area contributed by atoms with Gasteiger partial charge in [0.2, 0.25) is 0 Å². The van der Waals surface area contributed by atoms with Gasteiger partial charge in [-0.1, -0.05) is 0 Å². The third-order valence-electron chi connectivity index (χ3n) is 2.93. The van der Waals surface area contributed by atoms with E-state index in [9.17, 15) is 5.11 Å². The smallest absolute Gasteiger partial charge is 0.120 e. The first kappa shape index (κ1) is 9.74. The van der Waals surface area contributed by atoms with Gasteiger partial charge in [0.05, 0.1) is 18.4 Å². The second kappa shape index (κ2) is 4.15. The molecule has 0 aliphatic carbocycles. The van der Waals surface area contributed by atoms with Crippen LogP contribution in [0.2, 0.25) is 0 Å². The Balaban J connectivity index is 2.00. The second-order valence-corrected chi connectivity index (χ2v) is 3.98. The lowest BCUT2D eigenvalue weighted by Gasteiger charge is -2.33. The molecule has 0 amide bonds. The van der Waals surface area contributed by atoms with Crippen LogP contribution in [0.1, 0.15) is 31.6 Å². The average molecular weight is 195 g/mol. The van der Waals surface area contributed by atoms with Crippen LogP contribution >= 0.6 is 0 Å². The number of rotatable bonds is 2. The molecule has 1 aromatic rings. The summed E-state index contributed by atoms with van der Waals surface area (Å²) in [5.74, 6) is 0.985. The van der Waals surface area contributed by atoms with Crippen molar-refractivity contribution in [1.29, 1.82) is 0 Å². The third-order valence-corrected chi connectivity index (χ3v) is 2.93. The Hall–Kier alpha value is -0.800. The van der Waals surface area contributed by atoms with Crippen molar-refractivity contribution in [3.05, 3.63) is 24.2 Å². The van der Waals surface area contributed by atoms with Gasteiger partial charge in [0.25, 0.3) is 0 Å². The van der Waals surface area contributed by atoms with Crippen LogP contribution in [0, 0.1) is 0 Å². The molecule has 1 aliphatic heterocycles. The average Bonchev–Trinajstić information content (AvgIpc) is 2.69. The van der Waals surface area contributed by atoms with Gasteiger partial charge in [-0.25, -0.2) is 0 Å². The lowest BCUT2D eigenvalue weighted by molar-refractivity contribution is 0.0452. The van der Waals surface area contributed by atoms with Crippen molar-refractivity contribution in [3.8, 4) is 0 Å². The predicted octanol–water partition coefficient (Wildman–Crippen LogP) is 1.80. The van der Waals surface area contributed by atoms with E-state index in [-0.39, 0.29) is 12.1 Å². The van der Waals surface area contributed by atoms with Crippen LogP contribution in [0.4, 0.5) is 0 Å². The minimum atomic E-state index is -0.166. The van der Waals surface area contributed by atoms with Gasteiger partial charge >= 0.3 is 0 Å². The van der Waals surface area contributed by atoms with E-state index in [1.54, 1.807) is 6.26 Å². The lowest BCUT2D eigenvalue weighted by atomic mass is 10.1. The van der Waals surface area contributed by atoms with Crippen molar-refractivity contribution in [3.63, 3.8) is 0 Å². The Kier molecular flexibility index (Phi) is 2.89. The summed E-state index contributed by atoms with van der Waals surface area (Å²) in [6, 6.07) is 4.18. The number of hydrogen-bond donors (Lipinski definition) is 1. The molecule has 0 saturated carbocycles. The lowest BCUT2D eigenvalue weighted by Crippen LogP contribution is -2.39. The van der Waals surface area contributed by atoms with Crippen molar-refractivity contribution in [2.45, 2.75) is 31.9 Å². The monoisotopic (exact) mass is 195 g/mol. The maximum absolute atomic E-state index is 9.55. The Labute approximate surface area is 84.3 Å². The molecule has 0 bridgehead atoms. The fourth-order valence-electron chi connectivity index (χ4n) is 2.04. The summed E-state index contributed by atoms with van der Waals surface area (Å²) in [7, 11) is 0. The standard InChI is InChI=1S/C11H17NO2/c1-9(11-5-3-7-14-11)12-6-2-4-10(13)8-12/h3,5,7,9-10,13H,2,4,6,8H2,1H3/t9-,10-/m0/s1. The number of hydrogen-bond acceptors (Lipinski definition) is 3. The molecule has 14 heavy (non-hydrogen) atoms. The fourth-order valence-corrected chi connectivity index (χ4v) is 2.04. The highest BCUT2D eigenvalue weighted by Crippen LogP contribution is 2.24. The molecule has 1 saturated heterocycles. The summed E-state index contributed by atoms with van der Waals surface area (Å²) >= 11 is 0. The Morgan fingerprint density at radius 3 is 3.14 bits per heavy atom. The van der Waals surface area contributed by atoms with Crippen LogP contribution in [-0.2, 0) is 0 Å². The van der Waals surface area contributed by atoms with Crippen molar-refractivity contribution in [2.24, 2.45) is 0 Å². The Bertz CT molecular complexity index is 271. The number of likely N-dealkylation sites (tertiary alicyclic amines) is 1. The summed E-state index contributed by atoms with van der Waals surface area (Å²) in [6.07, 6.45) is 3.54. The van der Waals surface area contributed by atoms with Crippen molar-refractivity contribution >= 4 is 0 Å². The van der Waals surface area contributed by atoms with E-state index < -0.39 is 0 Å². The van der Waals surface area contributed by atoms with Gasteiger partial charge in [-0.2, -0.15) is 0 Å². The number of β-amino-alcohol motifs (C(OH)–C–C–N with tert-alkyl or cyclic N) is 1. The van der Waals surface area contributed by atoms with Crippen molar-refractivity contribution in [1.82, 2.24) is 4.90 Å². The van der Waals surface area contributed by atoms with E-state index in [2.05, 4.69) is 11.8 Å². The van der Waals surface area contributed by atoms with E-state index >= 15 is 0 Å². The molecule has 78 valence electrons. The highest BCUT2D eigenvalue weighted by Gasteiger charge is 2.23. The Morgan fingerprint density at radius 2 is 2.50 bits per heavy atom. The summed E-state index contributed by atoms with van der Waals surface area (Å²) in [6.45, 7) is 3.94. The molecule has 2 rings (SSSR count). The van der Waals surface area contributed by atoms with Crippen LogP contribution in [-0.4, -0.2) is 29.2 Å². The molecular formula is C11H17NO2. The molecule has 0 spiro atoms. The zero-order chi connectivity index (χ0) is 9.97. The van der Waals surface area contributed by atoms with Gasteiger partial charge in [-0.15, -0.1) is 0 Å². The molecule has 1 fully saturated rings. The molecule has 1 aromatic heterocycles. The third kappa shape index (κ3) is 1.99. The van der Waals surface area contributed by atoms with Crippen LogP contribution in [0.15, 0.2) is 22.8 Å². The number of aliphatic hydroxyl groups is 1. The van der Waals surface area contributed by atoms with Gasteiger partial charge in [-0.05, 0) is 38.4 Å². The topological polar surface area (TPSA) is 36.6 Å². The SMILES string of the molecule is C[C@@H](c1ccco1)N1CCC[C@H](O)C1. The Morgan fingerprint density at radius 1 is 1.64 bits per heavy atom. The van der Waals surface area contributed by atoms with E-state index in [0.29, 0.717) is 0 Å². The summed E-state index contributed by atoms with van der Waals surface area (Å²) in [5, 5.41) is 9.55. The first-order valence-corrected chi connectivity index (χ1v) is 5.23. The number of furan rings is 1. The normalized spacial score (nSPS) is 26.3. The number of aliphatic hydroxyl groups excluding tert-OH is 1. The van der Waals surface area contributed by atoms with Gasteiger partial charge in [0.15, 0.2) is 0 Å². The second-order valence-electron chi connectivity index (χ2n) is 3.98. The minimum Gasteiger partial charge on any atom is -0.468 e. The maximum Gasteiger partial charge on any atom is 0.120 e. The summed E-state index contributed by atoms with van der Waals surface area (Å²) in [4.78, 5) is 2.27. The first-order valence-electron chi connectivity index (χ1n) is 5.23. The van der Waals surface area contributed by atoms with Gasteiger partial charge in [0.1, 0.15) is 5.76 Å². The predicted molar refractivity (Wildman–Crippen MR) is 53.9 cm³/mol. The van der Waals surface area contributed by atoms with E-state index in [1.807, 2.05) is 12.1 Å². The zero-order valence-corrected chi connectivity index (χ0v) is 8.52. The summed E-state index contributed by atoms with van der Waals surface area (Å²) < 4.78 is 5.36. The van der Waals surface area contributed by atoms with Crippen LogP contribution < -0.4 is 0 Å². The molecular weight excluding hydrogens is 178 g/mol. The largest absolute Gasteiger partial charge is 0.468 e. The van der Waals surface area contributed by atoms with Gasteiger partial charge in [0, 0.05) is 6.54 Å². The first-order chi connectivity index (χ1) is 6.77. The fraction of sp³-hybridized carbons (Fsp3) is 0.636. The van der Waals surface area contributed by atoms with E-state index in [1.165, 1.54) is 0 Å². The number of piperidine rings is 1. The molecule has 0 radical (unpaired) electrons. The zero-order valence-electron chi connectivity index (χ0n) is 8.52. The quantitative estimate of drug-likeness (QED) is 0.781. The highest BCUT2D eigenvalue weighted by atomic mass is 16.3. The molecule has 3 heteroatoms. The van der Waals surface area contributed by atoms with Crippen LogP contribution in [0.3, 0.4) is 0 Å². The van der Waals surface area contributed by atoms with Crippen LogP contribution in [0.5, 0.6) is 0 Å². The molecule has 1 N–H and O–H groups in total. The van der Waals surface area contributed by atoms with E-state index in [4.69, 9.17) is 4.42 Å². The molecule has 2 heterocycles. The molecule has 3 nitrogen and oxygen atoms in total. The van der Waals surface area contributed by atoms with E-state index in [0.717, 1.165) is 31.7 Å². The molecule has 2 atom stereocenters. The number of nitrogens with zero attached hydrogens (tertiary/aromatic N) is 1. The van der Waals surface area contributed by atoms with Crippen LogP contribution in [0.25, 0.3) is 0 Å². The van der Waals surface area contributed by atoms with Gasteiger partial charge in [-0.3, -0.25) is 4.90 Å². The summed E-state index contributed by atoms with van der Waals surface area (Å²) in [5.41, 5.74) is 0. The molecule has 0 aromatic carbocycles. The van der Waals surface area contributed by atoms with Crippen molar-refractivity contribution < 1.29 is 9.52 Å².